The van der Waals surface area contributed by atoms with Gasteiger partial charge in [0, 0.05) is 29.6 Å². The van der Waals surface area contributed by atoms with Gasteiger partial charge in [-0.15, -0.1) is 0 Å². The van der Waals surface area contributed by atoms with E-state index in [0.717, 1.165) is 35.5 Å². The summed E-state index contributed by atoms with van der Waals surface area (Å²) < 4.78 is 18.7. The summed E-state index contributed by atoms with van der Waals surface area (Å²) in [5.74, 6) is 1.73. The zero-order chi connectivity index (χ0) is 28.5. The first-order chi connectivity index (χ1) is 20.0. The van der Waals surface area contributed by atoms with Crippen molar-refractivity contribution in [1.82, 2.24) is 9.47 Å². The van der Waals surface area contributed by atoms with Crippen LogP contribution in [0.4, 0.5) is 16.2 Å². The number of carbonyl (C=O) groups is 2. The number of carbonyl (C=O) groups excluding carboxylic acids is 2. The lowest BCUT2D eigenvalue weighted by molar-refractivity contribution is -0.119. The molecule has 1 aromatic heterocycles. The Morgan fingerprint density at radius 2 is 1.61 bits per heavy atom. The molecule has 4 aromatic rings. The maximum absolute atomic E-state index is 14.4. The maximum atomic E-state index is 14.4. The van der Waals surface area contributed by atoms with Gasteiger partial charge in [0.2, 0.25) is 5.91 Å². The van der Waals surface area contributed by atoms with Crippen molar-refractivity contribution in [2.45, 2.75) is 24.9 Å². The largest absolute Gasteiger partial charge is 0.497 e. The summed E-state index contributed by atoms with van der Waals surface area (Å²) in [6.07, 6.45) is 3.70. The summed E-state index contributed by atoms with van der Waals surface area (Å²) in [5, 5.41) is 2.95. The van der Waals surface area contributed by atoms with Crippen molar-refractivity contribution in [3.8, 4) is 22.9 Å². The van der Waals surface area contributed by atoms with Gasteiger partial charge in [-0.1, -0.05) is 18.2 Å². The average Bonchev–Trinajstić information content (AvgIpc) is 3.73. The van der Waals surface area contributed by atoms with Crippen molar-refractivity contribution in [3.63, 3.8) is 0 Å². The number of rotatable bonds is 8. The summed E-state index contributed by atoms with van der Waals surface area (Å²) in [7, 11) is 4.81. The number of hydrogen-bond donors (Lipinski definition) is 1. The molecule has 1 fully saturated rings. The van der Waals surface area contributed by atoms with Gasteiger partial charge in [0.15, 0.2) is 0 Å². The maximum Gasteiger partial charge on any atom is 0.322 e. The number of nitrogens with zero attached hydrogens (tertiary/aromatic N) is 3. The SMILES string of the molecule is COc1cccc(NC(=O)N(CC(=O)N2c3ccccc3-n3cccc3C2c2cc(OC)ccc2OC)C2CC2)c1. The molecule has 3 aromatic carbocycles. The predicted octanol–water partition coefficient (Wildman–Crippen LogP) is 5.64. The molecular weight excluding hydrogens is 520 g/mol. The topological polar surface area (TPSA) is 85.3 Å². The van der Waals surface area contributed by atoms with Crippen LogP contribution in [0.15, 0.2) is 85.1 Å². The Balaban J connectivity index is 1.39. The molecule has 3 amide bonds. The lowest BCUT2D eigenvalue weighted by Crippen LogP contribution is -2.48. The van der Waals surface area contributed by atoms with Crippen molar-refractivity contribution in [3.05, 3.63) is 96.3 Å². The Morgan fingerprint density at radius 3 is 2.34 bits per heavy atom. The average molecular weight is 553 g/mol. The highest BCUT2D eigenvalue weighted by molar-refractivity contribution is 6.01. The number of hydrogen-bond acceptors (Lipinski definition) is 5. The van der Waals surface area contributed by atoms with E-state index in [4.69, 9.17) is 14.2 Å². The van der Waals surface area contributed by atoms with Crippen LogP contribution in [0.1, 0.15) is 30.1 Å². The van der Waals surface area contributed by atoms with E-state index in [-0.39, 0.29) is 24.5 Å². The molecule has 6 rings (SSSR count). The first kappa shape index (κ1) is 26.3. The van der Waals surface area contributed by atoms with Gasteiger partial charge in [0.1, 0.15) is 29.8 Å². The summed E-state index contributed by atoms with van der Waals surface area (Å²) in [6, 6.07) is 23.7. The van der Waals surface area contributed by atoms with Gasteiger partial charge in [0.25, 0.3) is 0 Å². The number of nitrogens with one attached hydrogen (secondary N) is 1. The van der Waals surface area contributed by atoms with E-state index in [1.807, 2.05) is 72.9 Å². The molecule has 2 heterocycles. The number of amides is 3. The molecule has 1 aliphatic heterocycles. The molecule has 1 N–H and O–H groups in total. The molecule has 9 heteroatoms. The zero-order valence-electron chi connectivity index (χ0n) is 23.2. The highest BCUT2D eigenvalue weighted by Crippen LogP contribution is 2.45. The standard InChI is InChI=1S/C32H32N4O5/c1-39-23-9-6-8-21(18-23)33-32(38)35(22-13-14-22)20-30(37)36-27-11-5-4-10-26(27)34-17-7-12-28(34)31(36)25-19-24(40-2)15-16-29(25)41-3/h4-12,15-19,22,31H,13-14,20H2,1-3H3,(H,33,38). The van der Waals surface area contributed by atoms with E-state index in [9.17, 15) is 9.59 Å². The van der Waals surface area contributed by atoms with Gasteiger partial charge in [0.05, 0.1) is 38.4 Å². The minimum Gasteiger partial charge on any atom is -0.497 e. The van der Waals surface area contributed by atoms with Gasteiger partial charge >= 0.3 is 6.03 Å². The second kappa shape index (κ2) is 10.9. The Bertz CT molecular complexity index is 1590. The van der Waals surface area contributed by atoms with Crippen LogP contribution in [0, 0.1) is 0 Å². The Kier molecular flexibility index (Phi) is 7.01. The van der Waals surface area contributed by atoms with Crippen molar-refractivity contribution in [1.29, 1.82) is 0 Å². The van der Waals surface area contributed by atoms with Crippen LogP contribution in [-0.4, -0.2) is 55.3 Å². The Labute approximate surface area is 238 Å². The van der Waals surface area contributed by atoms with Crippen LogP contribution >= 0.6 is 0 Å². The van der Waals surface area contributed by atoms with E-state index in [1.54, 1.807) is 43.3 Å². The molecule has 0 spiro atoms. The van der Waals surface area contributed by atoms with Gasteiger partial charge in [-0.2, -0.15) is 0 Å². The van der Waals surface area contributed by atoms with Crippen LogP contribution in [-0.2, 0) is 4.79 Å². The third kappa shape index (κ3) is 4.95. The van der Waals surface area contributed by atoms with Crippen LogP contribution in [0.3, 0.4) is 0 Å². The fraction of sp³-hybridized carbons (Fsp3) is 0.250. The minimum atomic E-state index is -0.514. The van der Waals surface area contributed by atoms with E-state index in [0.29, 0.717) is 22.9 Å². The van der Waals surface area contributed by atoms with Crippen LogP contribution in [0.25, 0.3) is 5.69 Å². The minimum absolute atomic E-state index is 0.00161. The molecule has 9 nitrogen and oxygen atoms in total. The smallest absolute Gasteiger partial charge is 0.322 e. The summed E-state index contributed by atoms with van der Waals surface area (Å²) >= 11 is 0. The van der Waals surface area contributed by atoms with Crippen molar-refractivity contribution in [2.75, 3.05) is 38.1 Å². The van der Waals surface area contributed by atoms with E-state index < -0.39 is 6.04 Å². The first-order valence-corrected chi connectivity index (χ1v) is 13.5. The van der Waals surface area contributed by atoms with Crippen LogP contribution < -0.4 is 24.4 Å². The van der Waals surface area contributed by atoms with E-state index >= 15 is 0 Å². The van der Waals surface area contributed by atoms with Gasteiger partial charge in [-0.25, -0.2) is 4.79 Å². The molecule has 1 unspecified atom stereocenters. The third-order valence-electron chi connectivity index (χ3n) is 7.59. The number of para-hydroxylation sites is 2. The predicted molar refractivity (Wildman–Crippen MR) is 156 cm³/mol. The first-order valence-electron chi connectivity index (χ1n) is 13.5. The van der Waals surface area contributed by atoms with Gasteiger partial charge in [-0.3, -0.25) is 9.69 Å². The second-order valence-corrected chi connectivity index (χ2v) is 10.1. The normalized spacial score (nSPS) is 15.4. The second-order valence-electron chi connectivity index (χ2n) is 10.1. The van der Waals surface area contributed by atoms with Crippen LogP contribution in [0.2, 0.25) is 0 Å². The monoisotopic (exact) mass is 552 g/mol. The molecule has 0 bridgehead atoms. The number of urea groups is 1. The number of ether oxygens (including phenoxy) is 3. The van der Waals surface area contributed by atoms with Crippen molar-refractivity contribution >= 4 is 23.3 Å². The summed E-state index contributed by atoms with van der Waals surface area (Å²) in [4.78, 5) is 31.4. The molecule has 0 radical (unpaired) electrons. The molecule has 1 atom stereocenters. The number of benzene rings is 3. The molecule has 1 saturated carbocycles. The fourth-order valence-electron chi connectivity index (χ4n) is 5.48. The van der Waals surface area contributed by atoms with Gasteiger partial charge < -0.3 is 29.0 Å². The molecule has 210 valence electrons. The molecule has 0 saturated heterocycles. The Hall–Kier alpha value is -4.92. The highest BCUT2D eigenvalue weighted by Gasteiger charge is 2.41. The lowest BCUT2D eigenvalue weighted by Gasteiger charge is -2.40. The number of fused-ring (bicyclic) bond motifs is 3. The molecular formula is C32H32N4O5. The van der Waals surface area contributed by atoms with Crippen molar-refractivity contribution < 1.29 is 23.8 Å². The molecule has 41 heavy (non-hydrogen) atoms. The van der Waals surface area contributed by atoms with Gasteiger partial charge in [-0.05, 0) is 67.4 Å². The Morgan fingerprint density at radius 1 is 0.854 bits per heavy atom. The number of aromatic nitrogens is 1. The quantitative estimate of drug-likeness (QED) is 0.306. The van der Waals surface area contributed by atoms with E-state index in [2.05, 4.69) is 9.88 Å². The molecule has 2 aliphatic rings. The summed E-state index contributed by atoms with van der Waals surface area (Å²) in [6.45, 7) is -0.0850. The molecule has 1 aliphatic carbocycles. The number of anilines is 2. The van der Waals surface area contributed by atoms with Crippen molar-refractivity contribution in [2.24, 2.45) is 0 Å². The fourth-order valence-corrected chi connectivity index (χ4v) is 5.48. The number of methoxy groups -OCH3 is 3. The van der Waals surface area contributed by atoms with Crippen LogP contribution in [0.5, 0.6) is 17.2 Å². The third-order valence-corrected chi connectivity index (χ3v) is 7.59. The summed E-state index contributed by atoms with van der Waals surface area (Å²) in [5.41, 5.74) is 3.93. The highest BCUT2D eigenvalue weighted by atomic mass is 16.5. The van der Waals surface area contributed by atoms with E-state index in [1.165, 1.54) is 0 Å². The zero-order valence-corrected chi connectivity index (χ0v) is 23.2. The lowest BCUT2D eigenvalue weighted by atomic mass is 9.96.